The first-order chi connectivity index (χ1) is 9.11. The summed E-state index contributed by atoms with van der Waals surface area (Å²) in [7, 11) is 0. The minimum atomic E-state index is 0.209. The van der Waals surface area contributed by atoms with E-state index < -0.39 is 0 Å². The number of nitrogens with zero attached hydrogens (tertiary/aromatic N) is 1. The molecule has 1 aromatic carbocycles. The zero-order chi connectivity index (χ0) is 13.8. The largest absolute Gasteiger partial charge is 0.369 e. The van der Waals surface area contributed by atoms with Crippen LogP contribution in [0.3, 0.4) is 0 Å². The molecule has 1 heterocycles. The first-order valence-electron chi connectivity index (χ1n) is 7.42. The van der Waals surface area contributed by atoms with E-state index in [-0.39, 0.29) is 6.04 Å². The van der Waals surface area contributed by atoms with Crippen LogP contribution in [0.5, 0.6) is 0 Å². The molecule has 0 aliphatic carbocycles. The Hall–Kier alpha value is -0.540. The third-order valence-corrected chi connectivity index (χ3v) is 4.75. The van der Waals surface area contributed by atoms with Gasteiger partial charge < -0.3 is 10.6 Å². The summed E-state index contributed by atoms with van der Waals surface area (Å²) in [6.07, 6.45) is 6.18. The van der Waals surface area contributed by atoms with Gasteiger partial charge in [0.25, 0.3) is 0 Å². The fourth-order valence-corrected chi connectivity index (χ4v) is 3.52. The average Bonchev–Trinajstić information content (AvgIpc) is 2.40. The number of benzene rings is 1. The Morgan fingerprint density at radius 2 is 2.21 bits per heavy atom. The van der Waals surface area contributed by atoms with Crippen molar-refractivity contribution in [1.82, 2.24) is 0 Å². The Kier molecular flexibility index (Phi) is 5.28. The SMILES string of the molecule is CCC1CCCCN1c1ccc(CC(C)N)c(Br)c1. The fraction of sp³-hybridized carbons (Fsp3) is 0.625. The topological polar surface area (TPSA) is 29.3 Å². The van der Waals surface area contributed by atoms with Gasteiger partial charge in [-0.25, -0.2) is 0 Å². The zero-order valence-electron chi connectivity index (χ0n) is 12.0. The van der Waals surface area contributed by atoms with E-state index in [2.05, 4.69) is 52.9 Å². The van der Waals surface area contributed by atoms with Gasteiger partial charge >= 0.3 is 0 Å². The Morgan fingerprint density at radius 1 is 1.42 bits per heavy atom. The summed E-state index contributed by atoms with van der Waals surface area (Å²) in [6, 6.07) is 7.67. The summed E-state index contributed by atoms with van der Waals surface area (Å²) in [4.78, 5) is 2.57. The van der Waals surface area contributed by atoms with Gasteiger partial charge in [0.15, 0.2) is 0 Å². The third kappa shape index (κ3) is 3.73. The Balaban J connectivity index is 2.18. The number of rotatable bonds is 4. The van der Waals surface area contributed by atoms with Crippen LogP contribution in [-0.2, 0) is 6.42 Å². The minimum absolute atomic E-state index is 0.209. The van der Waals surface area contributed by atoms with Crippen molar-refractivity contribution in [2.45, 2.75) is 58.0 Å². The van der Waals surface area contributed by atoms with Crippen LogP contribution in [0.25, 0.3) is 0 Å². The van der Waals surface area contributed by atoms with Gasteiger partial charge in [-0.05, 0) is 56.7 Å². The first kappa shape index (κ1) is 14.9. The number of nitrogens with two attached hydrogens (primary N) is 1. The van der Waals surface area contributed by atoms with Crippen LogP contribution < -0.4 is 10.6 Å². The Bertz CT molecular complexity index is 417. The lowest BCUT2D eigenvalue weighted by Crippen LogP contribution is -2.39. The normalized spacial score (nSPS) is 21.5. The molecule has 0 bridgehead atoms. The van der Waals surface area contributed by atoms with Crippen LogP contribution in [0.1, 0.15) is 45.1 Å². The molecular formula is C16H25BrN2. The molecule has 106 valence electrons. The summed E-state index contributed by atoms with van der Waals surface area (Å²) in [5, 5.41) is 0. The van der Waals surface area contributed by atoms with Crippen molar-refractivity contribution in [3.63, 3.8) is 0 Å². The van der Waals surface area contributed by atoms with E-state index in [9.17, 15) is 0 Å². The van der Waals surface area contributed by atoms with Crippen LogP contribution in [0.2, 0.25) is 0 Å². The van der Waals surface area contributed by atoms with E-state index in [1.165, 1.54) is 48.0 Å². The maximum absolute atomic E-state index is 5.89. The monoisotopic (exact) mass is 324 g/mol. The zero-order valence-corrected chi connectivity index (χ0v) is 13.6. The Labute approximate surface area is 125 Å². The molecule has 2 nitrogen and oxygen atoms in total. The van der Waals surface area contributed by atoms with Crippen LogP contribution in [0.15, 0.2) is 22.7 Å². The second-order valence-electron chi connectivity index (χ2n) is 5.71. The first-order valence-corrected chi connectivity index (χ1v) is 8.21. The van der Waals surface area contributed by atoms with Crippen molar-refractivity contribution < 1.29 is 0 Å². The van der Waals surface area contributed by atoms with E-state index in [0.29, 0.717) is 6.04 Å². The molecule has 1 fully saturated rings. The summed E-state index contributed by atoms with van der Waals surface area (Å²) in [5.74, 6) is 0. The van der Waals surface area contributed by atoms with Gasteiger partial charge in [-0.3, -0.25) is 0 Å². The van der Waals surface area contributed by atoms with Crippen molar-refractivity contribution in [2.24, 2.45) is 5.73 Å². The van der Waals surface area contributed by atoms with E-state index >= 15 is 0 Å². The Morgan fingerprint density at radius 3 is 2.84 bits per heavy atom. The van der Waals surface area contributed by atoms with Crippen LogP contribution in [0, 0.1) is 0 Å². The molecule has 1 saturated heterocycles. The molecule has 0 saturated carbocycles. The smallest absolute Gasteiger partial charge is 0.0380 e. The number of anilines is 1. The molecule has 0 radical (unpaired) electrons. The van der Waals surface area contributed by atoms with Crippen LogP contribution in [0.4, 0.5) is 5.69 Å². The molecular weight excluding hydrogens is 300 g/mol. The fourth-order valence-electron chi connectivity index (χ4n) is 2.99. The lowest BCUT2D eigenvalue weighted by molar-refractivity contribution is 0.450. The molecule has 2 atom stereocenters. The summed E-state index contributed by atoms with van der Waals surface area (Å²) in [5.41, 5.74) is 8.55. The molecule has 19 heavy (non-hydrogen) atoms. The molecule has 2 N–H and O–H groups in total. The van der Waals surface area contributed by atoms with Crippen molar-refractivity contribution in [1.29, 1.82) is 0 Å². The van der Waals surface area contributed by atoms with Gasteiger partial charge in [-0.2, -0.15) is 0 Å². The highest BCUT2D eigenvalue weighted by Crippen LogP contribution is 2.30. The highest BCUT2D eigenvalue weighted by atomic mass is 79.9. The summed E-state index contributed by atoms with van der Waals surface area (Å²) < 4.78 is 1.20. The van der Waals surface area contributed by atoms with Crippen LogP contribution in [-0.4, -0.2) is 18.6 Å². The maximum Gasteiger partial charge on any atom is 0.0380 e. The van der Waals surface area contributed by atoms with Crippen molar-refractivity contribution in [2.75, 3.05) is 11.4 Å². The number of hydrogen-bond donors (Lipinski definition) is 1. The predicted octanol–water partition coefficient (Wildman–Crippen LogP) is 4.11. The van der Waals surface area contributed by atoms with E-state index in [0.717, 1.165) is 6.42 Å². The van der Waals surface area contributed by atoms with Gasteiger partial charge in [0.05, 0.1) is 0 Å². The molecule has 1 aliphatic heterocycles. The standard InChI is InChI=1S/C16H25BrN2/c1-3-14-6-4-5-9-19(14)15-8-7-13(10-12(2)18)16(17)11-15/h7-8,11-12,14H,3-6,9-10,18H2,1-2H3. The van der Waals surface area contributed by atoms with E-state index in [1.807, 2.05) is 0 Å². The average molecular weight is 325 g/mol. The highest BCUT2D eigenvalue weighted by molar-refractivity contribution is 9.10. The maximum atomic E-state index is 5.89. The highest BCUT2D eigenvalue weighted by Gasteiger charge is 2.21. The molecule has 3 heteroatoms. The number of halogens is 1. The molecule has 1 aliphatic rings. The van der Waals surface area contributed by atoms with Gasteiger partial charge in [0, 0.05) is 28.8 Å². The molecule has 0 amide bonds. The van der Waals surface area contributed by atoms with Crippen molar-refractivity contribution in [3.05, 3.63) is 28.2 Å². The molecule has 2 rings (SSSR count). The minimum Gasteiger partial charge on any atom is -0.369 e. The van der Waals surface area contributed by atoms with Crippen molar-refractivity contribution >= 4 is 21.6 Å². The molecule has 0 spiro atoms. The third-order valence-electron chi connectivity index (χ3n) is 4.01. The molecule has 0 aromatic heterocycles. The van der Waals surface area contributed by atoms with Crippen molar-refractivity contribution in [3.8, 4) is 0 Å². The second kappa shape index (κ2) is 6.76. The van der Waals surface area contributed by atoms with Gasteiger partial charge in [0.2, 0.25) is 0 Å². The molecule has 2 unspecified atom stereocenters. The predicted molar refractivity (Wildman–Crippen MR) is 86.8 cm³/mol. The lowest BCUT2D eigenvalue weighted by Gasteiger charge is -2.37. The van der Waals surface area contributed by atoms with Gasteiger partial charge in [-0.15, -0.1) is 0 Å². The summed E-state index contributed by atoms with van der Waals surface area (Å²) in [6.45, 7) is 5.54. The number of piperidine rings is 1. The summed E-state index contributed by atoms with van der Waals surface area (Å²) >= 11 is 3.70. The van der Waals surface area contributed by atoms with Gasteiger partial charge in [-0.1, -0.05) is 28.9 Å². The second-order valence-corrected chi connectivity index (χ2v) is 6.56. The quantitative estimate of drug-likeness (QED) is 0.903. The van der Waals surface area contributed by atoms with E-state index in [4.69, 9.17) is 5.73 Å². The number of hydrogen-bond acceptors (Lipinski definition) is 2. The lowest BCUT2D eigenvalue weighted by atomic mass is 9.98. The van der Waals surface area contributed by atoms with E-state index in [1.54, 1.807) is 0 Å². The van der Waals surface area contributed by atoms with Gasteiger partial charge in [0.1, 0.15) is 0 Å². The van der Waals surface area contributed by atoms with Crippen LogP contribution >= 0.6 is 15.9 Å². The molecule has 1 aromatic rings.